The van der Waals surface area contributed by atoms with E-state index >= 15 is 0 Å². The molecule has 0 aromatic heterocycles. The summed E-state index contributed by atoms with van der Waals surface area (Å²) < 4.78 is 5.50. The molecule has 0 radical (unpaired) electrons. The van der Waals surface area contributed by atoms with Crippen molar-refractivity contribution >= 4 is 5.69 Å². The first-order valence-corrected chi connectivity index (χ1v) is 6.46. The number of nitrogens with zero attached hydrogens (tertiary/aromatic N) is 1. The molecule has 1 aromatic carbocycles. The molecule has 2 rings (SSSR count). The number of ether oxygens (including phenoxy) is 1. The molecule has 1 heterocycles. The maximum Gasteiger partial charge on any atom is 0.121 e. The number of benzene rings is 1. The third-order valence-corrected chi connectivity index (χ3v) is 3.23. The molecule has 3 nitrogen and oxygen atoms in total. The average molecular weight is 234 g/mol. The van der Waals surface area contributed by atoms with Gasteiger partial charge in [0.1, 0.15) is 5.75 Å². The van der Waals surface area contributed by atoms with Crippen molar-refractivity contribution in [1.82, 2.24) is 4.90 Å². The third kappa shape index (κ3) is 3.63. The van der Waals surface area contributed by atoms with Crippen LogP contribution in [0.3, 0.4) is 0 Å². The number of nitrogens with one attached hydrogen (secondary N) is 1. The predicted molar refractivity (Wildman–Crippen MR) is 71.8 cm³/mol. The normalized spacial score (nSPS) is 18.0. The van der Waals surface area contributed by atoms with Gasteiger partial charge in [-0.1, -0.05) is 6.07 Å². The van der Waals surface area contributed by atoms with Gasteiger partial charge in [-0.15, -0.1) is 0 Å². The second-order valence-electron chi connectivity index (χ2n) is 4.68. The lowest BCUT2D eigenvalue weighted by atomic mass is 10.1. The van der Waals surface area contributed by atoms with Gasteiger partial charge in [0.25, 0.3) is 0 Å². The van der Waals surface area contributed by atoms with Crippen LogP contribution in [0.25, 0.3) is 0 Å². The van der Waals surface area contributed by atoms with E-state index in [-0.39, 0.29) is 0 Å². The van der Waals surface area contributed by atoms with Crippen LogP contribution in [0.2, 0.25) is 0 Å². The van der Waals surface area contributed by atoms with Crippen molar-refractivity contribution in [3.8, 4) is 5.75 Å². The second kappa shape index (κ2) is 5.92. The lowest BCUT2D eigenvalue weighted by Crippen LogP contribution is -2.36. The Labute approximate surface area is 104 Å². The van der Waals surface area contributed by atoms with E-state index in [0.717, 1.165) is 12.4 Å². The Morgan fingerprint density at radius 1 is 1.35 bits per heavy atom. The van der Waals surface area contributed by atoms with Crippen molar-refractivity contribution in [3.05, 3.63) is 24.3 Å². The molecule has 94 valence electrons. The molecule has 1 saturated heterocycles. The molecule has 1 fully saturated rings. The molecular formula is C14H22N2O. The summed E-state index contributed by atoms with van der Waals surface area (Å²) in [7, 11) is 2.19. The SMILES string of the molecule is CCOc1cccc(NC2CCN(C)CC2)c1. The molecule has 0 bridgehead atoms. The zero-order valence-corrected chi connectivity index (χ0v) is 10.8. The fourth-order valence-electron chi connectivity index (χ4n) is 2.23. The maximum atomic E-state index is 5.50. The van der Waals surface area contributed by atoms with Gasteiger partial charge in [-0.3, -0.25) is 0 Å². The molecule has 0 saturated carbocycles. The van der Waals surface area contributed by atoms with E-state index in [1.165, 1.54) is 31.6 Å². The Hall–Kier alpha value is -1.22. The highest BCUT2D eigenvalue weighted by atomic mass is 16.5. The highest BCUT2D eigenvalue weighted by Crippen LogP contribution is 2.20. The summed E-state index contributed by atoms with van der Waals surface area (Å²) >= 11 is 0. The molecule has 1 aliphatic rings. The number of likely N-dealkylation sites (tertiary alicyclic amines) is 1. The number of rotatable bonds is 4. The predicted octanol–water partition coefficient (Wildman–Crippen LogP) is 2.59. The van der Waals surface area contributed by atoms with E-state index in [1.54, 1.807) is 0 Å². The van der Waals surface area contributed by atoms with E-state index < -0.39 is 0 Å². The topological polar surface area (TPSA) is 24.5 Å². The Balaban J connectivity index is 1.91. The molecule has 0 unspecified atom stereocenters. The summed E-state index contributed by atoms with van der Waals surface area (Å²) in [5.41, 5.74) is 1.17. The fourth-order valence-corrected chi connectivity index (χ4v) is 2.23. The van der Waals surface area contributed by atoms with E-state index in [9.17, 15) is 0 Å². The zero-order valence-electron chi connectivity index (χ0n) is 10.8. The molecule has 1 N–H and O–H groups in total. The number of hydrogen-bond acceptors (Lipinski definition) is 3. The van der Waals surface area contributed by atoms with Crippen LogP contribution >= 0.6 is 0 Å². The molecular weight excluding hydrogens is 212 g/mol. The third-order valence-electron chi connectivity index (χ3n) is 3.23. The van der Waals surface area contributed by atoms with Crippen LogP contribution in [-0.2, 0) is 0 Å². The zero-order chi connectivity index (χ0) is 12.1. The first-order valence-electron chi connectivity index (χ1n) is 6.46. The summed E-state index contributed by atoms with van der Waals surface area (Å²) in [6.07, 6.45) is 2.44. The van der Waals surface area contributed by atoms with Gasteiger partial charge in [0.05, 0.1) is 6.61 Å². The lowest BCUT2D eigenvalue weighted by molar-refractivity contribution is 0.264. The van der Waals surface area contributed by atoms with Crippen LogP contribution in [0.15, 0.2) is 24.3 Å². The van der Waals surface area contributed by atoms with Crippen LogP contribution in [0.4, 0.5) is 5.69 Å². The Morgan fingerprint density at radius 3 is 2.82 bits per heavy atom. The van der Waals surface area contributed by atoms with Crippen molar-refractivity contribution in [2.75, 3.05) is 32.1 Å². The van der Waals surface area contributed by atoms with Gasteiger partial charge >= 0.3 is 0 Å². The minimum Gasteiger partial charge on any atom is -0.494 e. The second-order valence-corrected chi connectivity index (χ2v) is 4.68. The molecule has 0 amide bonds. The summed E-state index contributed by atoms with van der Waals surface area (Å²) in [6.45, 7) is 5.10. The van der Waals surface area contributed by atoms with Gasteiger partial charge in [0.15, 0.2) is 0 Å². The Bertz CT molecular complexity index is 346. The van der Waals surface area contributed by atoms with Crippen molar-refractivity contribution < 1.29 is 4.74 Å². The number of hydrogen-bond donors (Lipinski definition) is 1. The van der Waals surface area contributed by atoms with E-state index in [4.69, 9.17) is 4.74 Å². The van der Waals surface area contributed by atoms with Crippen LogP contribution < -0.4 is 10.1 Å². The van der Waals surface area contributed by atoms with Crippen LogP contribution in [0.1, 0.15) is 19.8 Å². The standard InChI is InChI=1S/C14H22N2O/c1-3-17-14-6-4-5-13(11-14)15-12-7-9-16(2)10-8-12/h4-6,11-12,15H,3,7-10H2,1-2H3. The van der Waals surface area contributed by atoms with Crippen LogP contribution in [0, 0.1) is 0 Å². The Morgan fingerprint density at radius 2 is 2.12 bits per heavy atom. The molecule has 1 aliphatic heterocycles. The van der Waals surface area contributed by atoms with Gasteiger partial charge in [-0.05, 0) is 52.0 Å². The molecule has 3 heteroatoms. The fraction of sp³-hybridized carbons (Fsp3) is 0.571. The van der Waals surface area contributed by atoms with E-state index in [1.807, 2.05) is 19.1 Å². The smallest absolute Gasteiger partial charge is 0.121 e. The molecule has 0 spiro atoms. The Kier molecular flexibility index (Phi) is 4.26. The first kappa shape index (κ1) is 12.2. The van der Waals surface area contributed by atoms with Crippen molar-refractivity contribution in [2.45, 2.75) is 25.8 Å². The average Bonchev–Trinajstić information content (AvgIpc) is 2.33. The number of anilines is 1. The largest absolute Gasteiger partial charge is 0.494 e. The minimum atomic E-state index is 0.600. The summed E-state index contributed by atoms with van der Waals surface area (Å²) in [5.74, 6) is 0.949. The monoisotopic (exact) mass is 234 g/mol. The van der Waals surface area contributed by atoms with Crippen molar-refractivity contribution in [2.24, 2.45) is 0 Å². The van der Waals surface area contributed by atoms with E-state index in [0.29, 0.717) is 6.04 Å². The quantitative estimate of drug-likeness (QED) is 0.866. The van der Waals surface area contributed by atoms with Gasteiger partial charge in [-0.2, -0.15) is 0 Å². The van der Waals surface area contributed by atoms with Gasteiger partial charge < -0.3 is 15.0 Å². The van der Waals surface area contributed by atoms with Crippen LogP contribution in [-0.4, -0.2) is 37.7 Å². The van der Waals surface area contributed by atoms with Crippen molar-refractivity contribution in [1.29, 1.82) is 0 Å². The summed E-state index contributed by atoms with van der Waals surface area (Å²) in [6, 6.07) is 8.84. The highest BCUT2D eigenvalue weighted by Gasteiger charge is 2.16. The highest BCUT2D eigenvalue weighted by molar-refractivity contribution is 5.48. The lowest BCUT2D eigenvalue weighted by Gasteiger charge is -2.30. The maximum absolute atomic E-state index is 5.50. The van der Waals surface area contributed by atoms with Crippen molar-refractivity contribution in [3.63, 3.8) is 0 Å². The molecule has 0 aliphatic carbocycles. The number of piperidine rings is 1. The minimum absolute atomic E-state index is 0.600. The molecule has 0 atom stereocenters. The summed E-state index contributed by atoms with van der Waals surface area (Å²) in [5, 5.41) is 3.59. The first-order chi connectivity index (χ1) is 8.28. The van der Waals surface area contributed by atoms with Crippen LogP contribution in [0.5, 0.6) is 5.75 Å². The van der Waals surface area contributed by atoms with Gasteiger partial charge in [0, 0.05) is 17.8 Å². The molecule has 1 aromatic rings. The van der Waals surface area contributed by atoms with E-state index in [2.05, 4.69) is 29.4 Å². The van der Waals surface area contributed by atoms with Gasteiger partial charge in [-0.25, -0.2) is 0 Å². The van der Waals surface area contributed by atoms with Gasteiger partial charge in [0.2, 0.25) is 0 Å². The molecule has 17 heavy (non-hydrogen) atoms. The summed E-state index contributed by atoms with van der Waals surface area (Å²) in [4.78, 5) is 2.38.